The van der Waals surface area contributed by atoms with Gasteiger partial charge in [-0.15, -0.1) is 0 Å². The number of carbonyl (C=O) groups excluding carboxylic acids is 4. The number of H-pyrrole nitrogens is 1. The Balaban J connectivity index is 0.989. The van der Waals surface area contributed by atoms with E-state index >= 15 is 8.78 Å². The second-order valence-corrected chi connectivity index (χ2v) is 15.4. The van der Waals surface area contributed by atoms with E-state index in [0.29, 0.717) is 54.8 Å². The average molecular weight is 790 g/mol. The largest absolute Gasteiger partial charge is 0.480 e. The lowest BCUT2D eigenvalue weighted by atomic mass is 9.87. The quantitative estimate of drug-likeness (QED) is 0.159. The number of rotatable bonds is 10. The lowest BCUT2D eigenvalue weighted by Gasteiger charge is -2.34. The fourth-order valence-corrected chi connectivity index (χ4v) is 8.20. The van der Waals surface area contributed by atoms with E-state index in [-0.39, 0.29) is 66.4 Å². The molecule has 2 saturated heterocycles. The minimum Gasteiger partial charge on any atom is -0.480 e. The van der Waals surface area contributed by atoms with Crippen LogP contribution in [0, 0.1) is 11.6 Å². The summed E-state index contributed by atoms with van der Waals surface area (Å²) in [4.78, 5) is 58.1. The first-order chi connectivity index (χ1) is 28.0. The van der Waals surface area contributed by atoms with Gasteiger partial charge in [-0.3, -0.25) is 29.2 Å². The molecule has 8 rings (SSSR count). The molecule has 2 fully saturated rings. The number of nitrogens with zero attached hydrogens (tertiary/aromatic N) is 5. The highest BCUT2D eigenvalue weighted by atomic mass is 19.1. The van der Waals surface area contributed by atoms with Crippen LogP contribution in [0.2, 0.25) is 0 Å². The van der Waals surface area contributed by atoms with E-state index in [1.54, 1.807) is 48.1 Å². The SMILES string of the molecule is CN(C)C(=O)c1cc2c(-c3ccc(C4CCN(c5ccc(OC6CCC(=O)NC6=O)cc5F)CC4)cc3)cc(C3=CCCN(C(=O)CCn4cccn4)C3)c(F)c2[nH]1. The van der Waals surface area contributed by atoms with Gasteiger partial charge in [0.2, 0.25) is 11.8 Å². The third kappa shape index (κ3) is 7.95. The topological polar surface area (TPSA) is 133 Å². The van der Waals surface area contributed by atoms with E-state index in [2.05, 4.69) is 27.5 Å². The highest BCUT2D eigenvalue weighted by molar-refractivity contribution is 6.04. The second-order valence-electron chi connectivity index (χ2n) is 15.4. The number of nitrogens with one attached hydrogen (secondary N) is 2. The van der Waals surface area contributed by atoms with E-state index in [9.17, 15) is 19.2 Å². The first kappa shape index (κ1) is 38.6. The minimum absolute atomic E-state index is 0.0253. The molecule has 2 N–H and O–H groups in total. The molecule has 0 saturated carbocycles. The van der Waals surface area contributed by atoms with Crippen molar-refractivity contribution < 1.29 is 32.7 Å². The third-order valence-corrected chi connectivity index (χ3v) is 11.4. The van der Waals surface area contributed by atoms with Crippen molar-refractivity contribution in [3.05, 3.63) is 108 Å². The van der Waals surface area contributed by atoms with Gasteiger partial charge in [-0.1, -0.05) is 30.3 Å². The van der Waals surface area contributed by atoms with Gasteiger partial charge < -0.3 is 24.4 Å². The molecule has 5 aromatic rings. The predicted octanol–water partition coefficient (Wildman–Crippen LogP) is 6.29. The van der Waals surface area contributed by atoms with Gasteiger partial charge in [0.1, 0.15) is 17.3 Å². The van der Waals surface area contributed by atoms with Crippen molar-refractivity contribution in [3.63, 3.8) is 0 Å². The molecule has 0 radical (unpaired) electrons. The van der Waals surface area contributed by atoms with E-state index in [1.807, 2.05) is 41.4 Å². The number of amides is 4. The van der Waals surface area contributed by atoms with Crippen LogP contribution < -0.4 is 15.0 Å². The summed E-state index contributed by atoms with van der Waals surface area (Å²) in [5.41, 5.74) is 4.86. The Bertz CT molecular complexity index is 2400. The Hall–Kier alpha value is -6.31. The molecule has 4 amide bonds. The van der Waals surface area contributed by atoms with E-state index in [0.717, 1.165) is 29.5 Å². The van der Waals surface area contributed by atoms with Crippen molar-refractivity contribution in [2.24, 2.45) is 0 Å². The summed E-state index contributed by atoms with van der Waals surface area (Å²) in [5, 5.41) is 7.03. The number of aromatic amines is 1. The molecule has 3 aromatic carbocycles. The van der Waals surface area contributed by atoms with E-state index < -0.39 is 23.6 Å². The van der Waals surface area contributed by atoms with E-state index in [1.165, 1.54) is 11.0 Å². The maximum Gasteiger partial charge on any atom is 0.269 e. The molecule has 300 valence electrons. The first-order valence-electron chi connectivity index (χ1n) is 19.7. The Morgan fingerprint density at radius 2 is 1.76 bits per heavy atom. The zero-order valence-electron chi connectivity index (χ0n) is 32.5. The highest BCUT2D eigenvalue weighted by Gasteiger charge is 2.30. The number of fused-ring (bicyclic) bond motifs is 1. The smallest absolute Gasteiger partial charge is 0.269 e. The summed E-state index contributed by atoms with van der Waals surface area (Å²) in [7, 11) is 3.30. The number of piperidine rings is 2. The molecule has 5 heterocycles. The van der Waals surface area contributed by atoms with E-state index in [4.69, 9.17) is 4.74 Å². The molecule has 0 aliphatic carbocycles. The van der Waals surface area contributed by atoms with Gasteiger partial charge in [-0.25, -0.2) is 8.78 Å². The van der Waals surface area contributed by atoms with Crippen molar-refractivity contribution >= 4 is 45.8 Å². The summed E-state index contributed by atoms with van der Waals surface area (Å²) in [6.45, 7) is 2.56. The number of aromatic nitrogens is 3. The third-order valence-electron chi connectivity index (χ3n) is 11.4. The average Bonchev–Trinajstić information content (AvgIpc) is 3.93. The lowest BCUT2D eigenvalue weighted by Crippen LogP contribution is -2.46. The Morgan fingerprint density at radius 3 is 2.47 bits per heavy atom. The molecule has 0 spiro atoms. The number of hydrogen-bond acceptors (Lipinski definition) is 7. The normalized spacial score (nSPS) is 17.7. The number of anilines is 1. The van der Waals surface area contributed by atoms with Crippen molar-refractivity contribution in [2.45, 2.75) is 57.1 Å². The van der Waals surface area contributed by atoms with Gasteiger partial charge in [0.25, 0.3) is 11.8 Å². The second kappa shape index (κ2) is 16.3. The molecule has 0 bridgehead atoms. The first-order valence-corrected chi connectivity index (χ1v) is 19.7. The Morgan fingerprint density at radius 1 is 0.966 bits per heavy atom. The highest BCUT2D eigenvalue weighted by Crippen LogP contribution is 2.39. The van der Waals surface area contributed by atoms with Gasteiger partial charge >= 0.3 is 0 Å². The number of hydrogen-bond donors (Lipinski definition) is 2. The van der Waals surface area contributed by atoms with Gasteiger partial charge in [-0.05, 0) is 77.8 Å². The number of halogens is 2. The molecule has 58 heavy (non-hydrogen) atoms. The van der Waals surface area contributed by atoms with Crippen LogP contribution in [0.4, 0.5) is 14.5 Å². The summed E-state index contributed by atoms with van der Waals surface area (Å²) in [6.07, 6.45) is 7.55. The van der Waals surface area contributed by atoms with Crippen molar-refractivity contribution in [1.82, 2.24) is 29.9 Å². The van der Waals surface area contributed by atoms with Crippen LogP contribution in [-0.4, -0.2) is 94.6 Å². The Labute approximate surface area is 334 Å². The standard InChI is InChI=1S/C44H45F2N7O5/c1-50(2)44(57)36-25-34-32(24-33(41(46)42(34)48-36)30-5-3-18-52(26-30)40(55)16-22-53-19-4-17-47-53)29-8-6-27(7-9-29)28-14-20-51(21-15-28)37-11-10-31(23-35(37)45)58-38-12-13-39(54)49-43(38)56/h4-11,17,19,23-25,28,38,48H,3,12-16,18,20-22,26H2,1-2H3,(H,49,54,56). The summed E-state index contributed by atoms with van der Waals surface area (Å²) in [5.74, 6) is -1.58. The predicted molar refractivity (Wildman–Crippen MR) is 215 cm³/mol. The van der Waals surface area contributed by atoms with Crippen molar-refractivity contribution in [1.29, 1.82) is 0 Å². The molecule has 12 nitrogen and oxygen atoms in total. The van der Waals surface area contributed by atoms with Gasteiger partial charge in [0.15, 0.2) is 11.9 Å². The van der Waals surface area contributed by atoms with Crippen LogP contribution in [-0.2, 0) is 20.9 Å². The number of benzene rings is 3. The fraction of sp³-hybridized carbons (Fsp3) is 0.341. The molecule has 3 aliphatic heterocycles. The fourth-order valence-electron chi connectivity index (χ4n) is 8.20. The minimum atomic E-state index is -0.838. The number of aryl methyl sites for hydroxylation is 1. The number of ether oxygens (including phenoxy) is 1. The van der Waals surface area contributed by atoms with Crippen LogP contribution in [0.5, 0.6) is 5.75 Å². The molecular weight excluding hydrogens is 745 g/mol. The zero-order chi connectivity index (χ0) is 40.5. The molecule has 3 aliphatic rings. The van der Waals surface area contributed by atoms with Crippen molar-refractivity contribution in [2.75, 3.05) is 45.2 Å². The summed E-state index contributed by atoms with van der Waals surface area (Å²) in [6, 6.07) is 18.2. The molecular formula is C44H45F2N7O5. The van der Waals surface area contributed by atoms with Crippen molar-refractivity contribution in [3.8, 4) is 16.9 Å². The molecule has 1 atom stereocenters. The van der Waals surface area contributed by atoms with Crippen LogP contribution in [0.25, 0.3) is 27.6 Å². The molecule has 2 aromatic heterocycles. The van der Waals surface area contributed by atoms with Crippen LogP contribution in [0.1, 0.15) is 66.1 Å². The van der Waals surface area contributed by atoms with Crippen LogP contribution in [0.3, 0.4) is 0 Å². The summed E-state index contributed by atoms with van der Waals surface area (Å²) >= 11 is 0. The van der Waals surface area contributed by atoms with Crippen LogP contribution in [0.15, 0.2) is 79.1 Å². The van der Waals surface area contributed by atoms with Gasteiger partial charge in [-0.2, -0.15) is 5.10 Å². The van der Waals surface area contributed by atoms with Gasteiger partial charge in [0.05, 0.1) is 11.2 Å². The lowest BCUT2D eigenvalue weighted by molar-refractivity contribution is -0.139. The number of carbonyl (C=O) groups is 4. The summed E-state index contributed by atoms with van der Waals surface area (Å²) < 4.78 is 39.3. The maximum absolute atomic E-state index is 16.5. The maximum atomic E-state index is 16.5. The monoisotopic (exact) mass is 789 g/mol. The van der Waals surface area contributed by atoms with Crippen LogP contribution >= 0.6 is 0 Å². The number of imide groups is 1. The molecule has 1 unspecified atom stereocenters. The van der Waals surface area contributed by atoms with Gasteiger partial charge in [0, 0.05) is 95.5 Å². The zero-order valence-corrected chi connectivity index (χ0v) is 32.5. The molecule has 14 heteroatoms. The Kier molecular flexibility index (Phi) is 10.8.